The summed E-state index contributed by atoms with van der Waals surface area (Å²) in [4.78, 5) is 0. The zero-order chi connectivity index (χ0) is 12.3. The quantitative estimate of drug-likeness (QED) is 0.744. The molecule has 0 spiro atoms. The SMILES string of the molecule is CCC(C#N)S(=O)(=O)N(C)CC(F)(F)F. The van der Waals surface area contributed by atoms with E-state index in [1.807, 2.05) is 0 Å². The molecule has 0 saturated heterocycles. The summed E-state index contributed by atoms with van der Waals surface area (Å²) in [6, 6.07) is 1.46. The van der Waals surface area contributed by atoms with Gasteiger partial charge in [-0.05, 0) is 6.42 Å². The van der Waals surface area contributed by atoms with E-state index in [0.29, 0.717) is 0 Å². The number of alkyl halides is 3. The first-order valence-electron chi connectivity index (χ1n) is 4.06. The van der Waals surface area contributed by atoms with E-state index in [0.717, 1.165) is 7.05 Å². The number of nitrogens with zero attached hydrogens (tertiary/aromatic N) is 2. The van der Waals surface area contributed by atoms with Crippen molar-refractivity contribution in [1.29, 1.82) is 5.26 Å². The second kappa shape index (κ2) is 4.81. The molecule has 0 aliphatic rings. The van der Waals surface area contributed by atoms with E-state index in [4.69, 9.17) is 5.26 Å². The Hall–Kier alpha value is -0.810. The average Bonchev–Trinajstić information content (AvgIpc) is 2.02. The first-order valence-corrected chi connectivity index (χ1v) is 5.57. The third-order valence-corrected chi connectivity index (χ3v) is 3.87. The number of sulfonamides is 1. The third kappa shape index (κ3) is 4.05. The zero-order valence-electron chi connectivity index (χ0n) is 8.24. The van der Waals surface area contributed by atoms with Crippen LogP contribution in [0.15, 0.2) is 0 Å². The number of hydrogen-bond donors (Lipinski definition) is 0. The zero-order valence-corrected chi connectivity index (χ0v) is 9.06. The molecule has 8 heteroatoms. The maximum atomic E-state index is 11.9. The Morgan fingerprint density at radius 3 is 2.20 bits per heavy atom. The van der Waals surface area contributed by atoms with Crippen LogP contribution >= 0.6 is 0 Å². The minimum atomic E-state index is -4.60. The Morgan fingerprint density at radius 1 is 1.47 bits per heavy atom. The van der Waals surface area contributed by atoms with E-state index < -0.39 is 28.0 Å². The fourth-order valence-electron chi connectivity index (χ4n) is 0.928. The molecule has 15 heavy (non-hydrogen) atoms. The lowest BCUT2D eigenvalue weighted by molar-refractivity contribution is -0.134. The van der Waals surface area contributed by atoms with Crippen LogP contribution in [0.1, 0.15) is 13.3 Å². The van der Waals surface area contributed by atoms with Crippen molar-refractivity contribution in [3.63, 3.8) is 0 Å². The minimum absolute atomic E-state index is 0.0406. The number of halogens is 3. The van der Waals surface area contributed by atoms with Crippen LogP contribution in [0.3, 0.4) is 0 Å². The van der Waals surface area contributed by atoms with Gasteiger partial charge in [0.25, 0.3) is 0 Å². The van der Waals surface area contributed by atoms with Gasteiger partial charge in [-0.1, -0.05) is 6.92 Å². The van der Waals surface area contributed by atoms with Gasteiger partial charge >= 0.3 is 6.18 Å². The lowest BCUT2D eigenvalue weighted by Gasteiger charge is -2.20. The van der Waals surface area contributed by atoms with Crippen LogP contribution in [0.5, 0.6) is 0 Å². The molecule has 0 radical (unpaired) electrons. The molecule has 1 atom stereocenters. The van der Waals surface area contributed by atoms with E-state index in [-0.39, 0.29) is 10.7 Å². The maximum Gasteiger partial charge on any atom is 0.402 e. The van der Waals surface area contributed by atoms with Crippen LogP contribution in [0, 0.1) is 11.3 Å². The van der Waals surface area contributed by atoms with Crippen molar-refractivity contribution in [2.45, 2.75) is 24.8 Å². The normalized spacial score (nSPS) is 15.0. The van der Waals surface area contributed by atoms with Crippen LogP contribution in [0.2, 0.25) is 0 Å². The molecule has 0 aliphatic carbocycles. The van der Waals surface area contributed by atoms with E-state index >= 15 is 0 Å². The van der Waals surface area contributed by atoms with Gasteiger partial charge in [-0.2, -0.15) is 22.7 Å². The molecule has 0 heterocycles. The highest BCUT2D eigenvalue weighted by atomic mass is 32.2. The van der Waals surface area contributed by atoms with Gasteiger partial charge in [0.15, 0.2) is 5.25 Å². The van der Waals surface area contributed by atoms with Crippen LogP contribution in [0.4, 0.5) is 13.2 Å². The summed E-state index contributed by atoms with van der Waals surface area (Å²) in [5.74, 6) is 0. The van der Waals surface area contributed by atoms with Gasteiger partial charge < -0.3 is 0 Å². The molecule has 4 nitrogen and oxygen atoms in total. The highest BCUT2D eigenvalue weighted by molar-refractivity contribution is 7.89. The van der Waals surface area contributed by atoms with Crippen LogP contribution in [-0.2, 0) is 10.0 Å². The molecule has 0 fully saturated rings. The smallest absolute Gasteiger partial charge is 0.211 e. The Kier molecular flexibility index (Phi) is 4.55. The van der Waals surface area contributed by atoms with Crippen LogP contribution in [-0.4, -0.2) is 37.7 Å². The molecular formula is C7H11F3N2O2S. The highest BCUT2D eigenvalue weighted by Gasteiger charge is 2.37. The van der Waals surface area contributed by atoms with Crippen LogP contribution < -0.4 is 0 Å². The monoisotopic (exact) mass is 244 g/mol. The van der Waals surface area contributed by atoms with Gasteiger partial charge in [-0.3, -0.25) is 0 Å². The van der Waals surface area contributed by atoms with Crippen molar-refractivity contribution in [3.05, 3.63) is 0 Å². The van der Waals surface area contributed by atoms with Gasteiger partial charge in [0.1, 0.15) is 6.54 Å². The molecule has 1 unspecified atom stereocenters. The van der Waals surface area contributed by atoms with Gasteiger partial charge in [0.05, 0.1) is 6.07 Å². The molecule has 0 saturated carbocycles. The van der Waals surface area contributed by atoms with E-state index in [2.05, 4.69) is 0 Å². The predicted octanol–water partition coefficient (Wildman–Crippen LogP) is 1.11. The van der Waals surface area contributed by atoms with Crippen molar-refractivity contribution in [3.8, 4) is 6.07 Å². The van der Waals surface area contributed by atoms with Crippen molar-refractivity contribution in [1.82, 2.24) is 4.31 Å². The summed E-state index contributed by atoms with van der Waals surface area (Å²) in [6.45, 7) is -0.152. The Morgan fingerprint density at radius 2 is 1.93 bits per heavy atom. The Bertz CT molecular complexity index is 344. The Balaban J connectivity index is 4.83. The summed E-state index contributed by atoms with van der Waals surface area (Å²) in [5, 5.41) is 7.05. The lowest BCUT2D eigenvalue weighted by Crippen LogP contribution is -2.40. The topological polar surface area (TPSA) is 61.2 Å². The van der Waals surface area contributed by atoms with E-state index in [1.165, 1.54) is 13.0 Å². The number of nitriles is 1. The van der Waals surface area contributed by atoms with Gasteiger partial charge in [-0.25, -0.2) is 8.42 Å². The molecule has 0 bridgehead atoms. The highest BCUT2D eigenvalue weighted by Crippen LogP contribution is 2.19. The van der Waals surface area contributed by atoms with Crippen molar-refractivity contribution in [2.75, 3.05) is 13.6 Å². The van der Waals surface area contributed by atoms with E-state index in [9.17, 15) is 21.6 Å². The molecule has 0 aromatic rings. The molecule has 0 aromatic carbocycles. The summed E-state index contributed by atoms with van der Waals surface area (Å²) in [6.07, 6.45) is -4.64. The lowest BCUT2D eigenvalue weighted by atomic mass is 10.4. The van der Waals surface area contributed by atoms with Crippen molar-refractivity contribution in [2.24, 2.45) is 0 Å². The van der Waals surface area contributed by atoms with Gasteiger partial charge in [-0.15, -0.1) is 0 Å². The summed E-state index contributed by atoms with van der Waals surface area (Å²) >= 11 is 0. The van der Waals surface area contributed by atoms with Crippen molar-refractivity contribution >= 4 is 10.0 Å². The van der Waals surface area contributed by atoms with Crippen LogP contribution in [0.25, 0.3) is 0 Å². The molecule has 0 amide bonds. The first kappa shape index (κ1) is 14.2. The summed E-state index contributed by atoms with van der Waals surface area (Å²) in [5.41, 5.74) is 0. The fourth-order valence-corrected chi connectivity index (χ4v) is 2.24. The predicted molar refractivity (Wildman–Crippen MR) is 47.3 cm³/mol. The molecule has 0 aliphatic heterocycles. The maximum absolute atomic E-state index is 11.9. The number of rotatable bonds is 4. The largest absolute Gasteiger partial charge is 0.402 e. The number of hydrogen-bond acceptors (Lipinski definition) is 3. The standard InChI is InChI=1S/C7H11F3N2O2S/c1-3-6(4-11)15(13,14)12(2)5-7(8,9)10/h6H,3,5H2,1-2H3. The third-order valence-electron chi connectivity index (χ3n) is 1.71. The summed E-state index contributed by atoms with van der Waals surface area (Å²) in [7, 11) is -3.37. The molecule has 0 rings (SSSR count). The van der Waals surface area contributed by atoms with E-state index in [1.54, 1.807) is 0 Å². The second-order valence-electron chi connectivity index (χ2n) is 2.94. The second-order valence-corrected chi connectivity index (χ2v) is 5.16. The fraction of sp³-hybridized carbons (Fsp3) is 0.857. The summed E-state index contributed by atoms with van der Waals surface area (Å²) < 4.78 is 58.7. The molecule has 0 N–H and O–H groups in total. The average molecular weight is 244 g/mol. The molecule has 0 aromatic heterocycles. The Labute approximate surface area is 86.3 Å². The molecular weight excluding hydrogens is 233 g/mol. The van der Waals surface area contributed by atoms with Crippen molar-refractivity contribution < 1.29 is 21.6 Å². The first-order chi connectivity index (χ1) is 6.65. The van der Waals surface area contributed by atoms with Gasteiger partial charge in [0.2, 0.25) is 10.0 Å². The molecule has 88 valence electrons. The van der Waals surface area contributed by atoms with Gasteiger partial charge in [0, 0.05) is 7.05 Å². The minimum Gasteiger partial charge on any atom is -0.211 e.